The molecule has 47 heavy (non-hydrogen) atoms. The lowest BCUT2D eigenvalue weighted by atomic mass is 9.81. The zero-order valence-electron chi connectivity index (χ0n) is 26.9. The summed E-state index contributed by atoms with van der Waals surface area (Å²) in [6, 6.07) is 2.49. The third-order valence-corrected chi connectivity index (χ3v) is 9.37. The number of hydrogen-bond acceptors (Lipinski definition) is 9. The van der Waals surface area contributed by atoms with Crippen LogP contribution in [0.25, 0.3) is 11.0 Å². The van der Waals surface area contributed by atoms with Gasteiger partial charge in [0.25, 0.3) is 0 Å². The fraction of sp³-hybridized carbons (Fsp3) is 0.559. The van der Waals surface area contributed by atoms with Gasteiger partial charge in [-0.05, 0) is 42.9 Å². The minimum atomic E-state index is -3.58. The van der Waals surface area contributed by atoms with Gasteiger partial charge in [0.15, 0.2) is 5.69 Å². The highest BCUT2D eigenvalue weighted by molar-refractivity contribution is 5.91. The average molecular weight is 653 g/mol. The first kappa shape index (κ1) is 32.5. The largest absolute Gasteiger partial charge is 0.497 e. The Morgan fingerprint density at radius 3 is 2.57 bits per heavy atom. The number of alkyl carbamates (subject to hydrolysis) is 1. The molecule has 1 aromatic heterocycles. The van der Waals surface area contributed by atoms with Gasteiger partial charge in [-0.3, -0.25) is 4.79 Å². The van der Waals surface area contributed by atoms with Crippen LogP contribution >= 0.6 is 0 Å². The van der Waals surface area contributed by atoms with E-state index in [1.165, 1.54) is 31.3 Å². The normalized spacial score (nSPS) is 30.8. The lowest BCUT2D eigenvalue weighted by Crippen LogP contribution is -2.57. The number of carbonyl (C=O) groups is 3. The van der Waals surface area contributed by atoms with E-state index in [2.05, 4.69) is 27.1 Å². The number of ether oxygens (including phenoxy) is 4. The molecule has 0 unspecified atom stereocenters. The van der Waals surface area contributed by atoms with E-state index in [1.807, 2.05) is 0 Å². The summed E-state index contributed by atoms with van der Waals surface area (Å²) in [7, 11) is 2.67. The number of carbonyl (C=O) groups excluding carboxylic acids is 3. The minimum Gasteiger partial charge on any atom is -0.497 e. The number of nitrogens with zero attached hydrogens (tertiary/aromatic N) is 3. The monoisotopic (exact) mass is 652 g/mol. The summed E-state index contributed by atoms with van der Waals surface area (Å²) in [6.45, 7) is 5.19. The number of esters is 1. The second-order valence-corrected chi connectivity index (χ2v) is 13.5. The topological polar surface area (TPSA) is 129 Å². The molecule has 2 fully saturated rings. The van der Waals surface area contributed by atoms with Crippen molar-refractivity contribution in [3.63, 3.8) is 0 Å². The first-order valence-electron chi connectivity index (χ1n) is 15.7. The van der Waals surface area contributed by atoms with Crippen LogP contribution in [0.5, 0.6) is 11.6 Å². The molecule has 2 bridgehead atoms. The number of amides is 2. The molecular formula is C34H38F2N4O7. The molecule has 2 amide bonds. The summed E-state index contributed by atoms with van der Waals surface area (Å²) in [5.41, 5.74) is -1.02. The Kier molecular flexibility index (Phi) is 8.48. The molecule has 1 N–H and O–H groups in total. The van der Waals surface area contributed by atoms with Crippen LogP contribution in [0.1, 0.15) is 52.1 Å². The van der Waals surface area contributed by atoms with Gasteiger partial charge >= 0.3 is 18.0 Å². The van der Waals surface area contributed by atoms with Gasteiger partial charge in [0.05, 0.1) is 31.8 Å². The average Bonchev–Trinajstić information content (AvgIpc) is 3.53. The summed E-state index contributed by atoms with van der Waals surface area (Å²) >= 11 is 0. The maximum atomic E-state index is 16.0. The Morgan fingerprint density at radius 2 is 1.89 bits per heavy atom. The molecule has 1 aromatic carbocycles. The summed E-state index contributed by atoms with van der Waals surface area (Å²) in [5, 5.41) is 2.76. The molecule has 3 heterocycles. The minimum absolute atomic E-state index is 0.00181. The van der Waals surface area contributed by atoms with Crippen LogP contribution in [-0.4, -0.2) is 77.9 Å². The molecule has 13 heteroatoms. The van der Waals surface area contributed by atoms with E-state index in [9.17, 15) is 14.4 Å². The standard InChI is InChI=1S/C34H38F2N4O7/c1-33(2,3)28-30(41)40-17-20(16-25(40)31(42)45-5)46-29-27(37-23-12-10-19(44-4)15-24(23)38-29)34(35,36)13-7-6-8-22-21-11-9-18(21)14-26(22)47-32(43)39-28/h7,10,12-13,15,18,20-22,25-26,28H,6,8,14,16-17H2,1-5H3,(H,39,43)/b13-7+/t18-,20+,21-,22+,25-,26+,28+/m0/s1. The van der Waals surface area contributed by atoms with E-state index in [4.69, 9.17) is 18.9 Å². The number of methoxy groups -OCH3 is 2. The van der Waals surface area contributed by atoms with Gasteiger partial charge < -0.3 is 29.2 Å². The van der Waals surface area contributed by atoms with Crippen LogP contribution in [-0.2, 0) is 25.0 Å². The summed E-state index contributed by atoms with van der Waals surface area (Å²) < 4.78 is 54.2. The second kappa shape index (κ2) is 12.3. The molecule has 7 atom stereocenters. The molecule has 2 aromatic rings. The number of allylic oxidation sites excluding steroid dienone is 2. The summed E-state index contributed by atoms with van der Waals surface area (Å²) in [4.78, 5) is 50.4. The smallest absolute Gasteiger partial charge is 0.408 e. The van der Waals surface area contributed by atoms with Gasteiger partial charge in [-0.2, -0.15) is 8.78 Å². The Hall–Kier alpha value is -4.47. The molecule has 1 saturated heterocycles. The number of halogens is 2. The van der Waals surface area contributed by atoms with Gasteiger partial charge in [-0.15, -0.1) is 0 Å². The molecule has 2 aliphatic heterocycles. The first-order chi connectivity index (χ1) is 22.3. The van der Waals surface area contributed by atoms with E-state index < -0.39 is 65.2 Å². The van der Waals surface area contributed by atoms with Gasteiger partial charge in [0.2, 0.25) is 11.8 Å². The van der Waals surface area contributed by atoms with Crippen molar-refractivity contribution in [3.8, 4) is 23.5 Å². The van der Waals surface area contributed by atoms with Crippen molar-refractivity contribution in [1.29, 1.82) is 0 Å². The third-order valence-electron chi connectivity index (χ3n) is 9.37. The van der Waals surface area contributed by atoms with Crippen molar-refractivity contribution in [3.05, 3.63) is 36.0 Å². The van der Waals surface area contributed by atoms with Crippen molar-refractivity contribution in [2.45, 2.75) is 76.7 Å². The van der Waals surface area contributed by atoms with Gasteiger partial charge in [-0.25, -0.2) is 19.6 Å². The lowest BCUT2D eigenvalue weighted by Gasteiger charge is -2.35. The molecule has 0 radical (unpaired) electrons. The number of fused-ring (bicyclic) bond motifs is 7. The first-order valence-corrected chi connectivity index (χ1v) is 15.7. The molecule has 4 aliphatic rings. The number of rotatable bonds is 2. The van der Waals surface area contributed by atoms with Crippen LogP contribution in [0.4, 0.5) is 13.6 Å². The number of nitrogens with one attached hydrogen (secondary N) is 1. The molecule has 11 nitrogen and oxygen atoms in total. The SMILES string of the molecule is COC(=O)[C@@H]1C[C@@H]2CN1C(=O)[C@H](C(C)(C)C)NC(=O)O[C@@H]1C[C@@H]3C#C[C@@H]3[C@H]1CC/C=C/C(F)(F)c1nc3ccc(OC)cc3nc1O2. The van der Waals surface area contributed by atoms with E-state index in [0.717, 1.165) is 6.08 Å². The second-order valence-electron chi connectivity index (χ2n) is 13.5. The predicted molar refractivity (Wildman–Crippen MR) is 164 cm³/mol. The fourth-order valence-electron chi connectivity index (χ4n) is 6.86. The molecule has 6 rings (SSSR count). The molecule has 250 valence electrons. The van der Waals surface area contributed by atoms with Crippen molar-refractivity contribution in [2.75, 3.05) is 20.8 Å². The summed E-state index contributed by atoms with van der Waals surface area (Å²) in [5.74, 6) is 1.31. The van der Waals surface area contributed by atoms with E-state index in [0.29, 0.717) is 18.6 Å². The van der Waals surface area contributed by atoms with E-state index >= 15 is 8.78 Å². The van der Waals surface area contributed by atoms with E-state index in [-0.39, 0.29) is 48.2 Å². The van der Waals surface area contributed by atoms with Crippen molar-refractivity contribution >= 4 is 29.0 Å². The van der Waals surface area contributed by atoms with Crippen LogP contribution in [0, 0.1) is 35.0 Å². The zero-order valence-corrected chi connectivity index (χ0v) is 26.9. The zero-order chi connectivity index (χ0) is 33.7. The highest BCUT2D eigenvalue weighted by Gasteiger charge is 2.49. The Morgan fingerprint density at radius 1 is 1.11 bits per heavy atom. The molecule has 0 spiro atoms. The van der Waals surface area contributed by atoms with Crippen molar-refractivity contribution < 1.29 is 42.1 Å². The molecule has 1 saturated carbocycles. The lowest BCUT2D eigenvalue weighted by molar-refractivity contribution is -0.152. The third kappa shape index (κ3) is 6.30. The van der Waals surface area contributed by atoms with Gasteiger partial charge in [0, 0.05) is 30.2 Å². The van der Waals surface area contributed by atoms with Gasteiger partial charge in [0.1, 0.15) is 30.0 Å². The maximum absolute atomic E-state index is 16.0. The molecular weight excluding hydrogens is 614 g/mol. The van der Waals surface area contributed by atoms with Crippen molar-refractivity contribution in [1.82, 2.24) is 20.2 Å². The van der Waals surface area contributed by atoms with E-state index in [1.54, 1.807) is 32.9 Å². The Balaban J connectivity index is 1.42. The maximum Gasteiger partial charge on any atom is 0.408 e. The quantitative estimate of drug-likeness (QED) is 0.286. The fourth-order valence-corrected chi connectivity index (χ4v) is 6.86. The number of aromatic nitrogens is 2. The van der Waals surface area contributed by atoms with Gasteiger partial charge in [-0.1, -0.05) is 38.7 Å². The Labute approximate surface area is 271 Å². The predicted octanol–water partition coefficient (Wildman–Crippen LogP) is 4.38. The van der Waals surface area contributed by atoms with Crippen LogP contribution in [0.15, 0.2) is 30.4 Å². The Bertz CT molecular complexity index is 1680. The highest BCUT2D eigenvalue weighted by Crippen LogP contribution is 2.45. The number of alkyl halides is 2. The van der Waals surface area contributed by atoms with Crippen molar-refractivity contribution in [2.24, 2.45) is 23.2 Å². The van der Waals surface area contributed by atoms with Crippen LogP contribution < -0.4 is 14.8 Å². The highest BCUT2D eigenvalue weighted by atomic mass is 19.3. The number of hydrogen-bond donors (Lipinski definition) is 1. The summed E-state index contributed by atoms with van der Waals surface area (Å²) in [6.07, 6.45) is 1.16. The molecule has 2 aliphatic carbocycles. The van der Waals surface area contributed by atoms with Crippen LogP contribution in [0.3, 0.4) is 0 Å². The van der Waals surface area contributed by atoms with Crippen LogP contribution in [0.2, 0.25) is 0 Å². The number of benzene rings is 1.